The van der Waals surface area contributed by atoms with Crippen LogP contribution in [0.1, 0.15) is 25.7 Å². The highest BCUT2D eigenvalue weighted by atomic mass is 16.3. The van der Waals surface area contributed by atoms with Crippen LogP contribution in [0.3, 0.4) is 0 Å². The van der Waals surface area contributed by atoms with Gasteiger partial charge in [0.2, 0.25) is 0 Å². The first-order chi connectivity index (χ1) is 6.66. The highest BCUT2D eigenvalue weighted by Crippen LogP contribution is 2.27. The molecule has 14 heavy (non-hydrogen) atoms. The van der Waals surface area contributed by atoms with E-state index in [1.54, 1.807) is 0 Å². The molecule has 2 aliphatic rings. The van der Waals surface area contributed by atoms with Gasteiger partial charge < -0.3 is 10.0 Å². The quantitative estimate of drug-likeness (QED) is 0.701. The Balaban J connectivity index is 1.83. The minimum Gasteiger partial charge on any atom is -0.393 e. The Hall–Kier alpha value is -0.120. The summed E-state index contributed by atoms with van der Waals surface area (Å²) in [5, 5.41) is 9.50. The molecular weight excluding hydrogens is 176 g/mol. The van der Waals surface area contributed by atoms with E-state index in [9.17, 15) is 5.11 Å². The Bertz CT molecular complexity index is 196. The lowest BCUT2D eigenvalue weighted by Crippen LogP contribution is -2.36. The highest BCUT2D eigenvalue weighted by Gasteiger charge is 2.33. The van der Waals surface area contributed by atoms with E-state index in [1.807, 2.05) is 0 Å². The van der Waals surface area contributed by atoms with E-state index >= 15 is 0 Å². The Morgan fingerprint density at radius 3 is 2.50 bits per heavy atom. The summed E-state index contributed by atoms with van der Waals surface area (Å²) in [6.07, 6.45) is 4.47. The van der Waals surface area contributed by atoms with Gasteiger partial charge in [-0.15, -0.1) is 0 Å². The summed E-state index contributed by atoms with van der Waals surface area (Å²) < 4.78 is 0. The third-order valence-electron chi connectivity index (χ3n) is 3.82. The first-order valence-corrected chi connectivity index (χ1v) is 5.75. The van der Waals surface area contributed by atoms with Crippen LogP contribution in [0.25, 0.3) is 0 Å². The SMILES string of the molecule is CN(C)C1CCN(C2CCC(O)C2)C1. The van der Waals surface area contributed by atoms with E-state index in [0.717, 1.165) is 18.9 Å². The fourth-order valence-electron chi connectivity index (χ4n) is 2.79. The van der Waals surface area contributed by atoms with Crippen molar-refractivity contribution in [1.82, 2.24) is 9.80 Å². The predicted octanol–water partition coefficient (Wildman–Crippen LogP) is 0.536. The lowest BCUT2D eigenvalue weighted by atomic mass is 10.2. The second kappa shape index (κ2) is 4.17. The van der Waals surface area contributed by atoms with Crippen LogP contribution in [0.2, 0.25) is 0 Å². The molecule has 0 bridgehead atoms. The summed E-state index contributed by atoms with van der Waals surface area (Å²) in [6.45, 7) is 2.42. The van der Waals surface area contributed by atoms with E-state index in [0.29, 0.717) is 6.04 Å². The molecule has 0 aromatic carbocycles. The van der Waals surface area contributed by atoms with Crippen molar-refractivity contribution >= 4 is 0 Å². The number of aliphatic hydroxyl groups excluding tert-OH is 1. The zero-order valence-electron chi connectivity index (χ0n) is 9.32. The van der Waals surface area contributed by atoms with Gasteiger partial charge in [-0.05, 0) is 39.8 Å². The van der Waals surface area contributed by atoms with Crippen LogP contribution in [0.5, 0.6) is 0 Å². The summed E-state index contributed by atoms with van der Waals surface area (Å²) in [7, 11) is 4.33. The maximum absolute atomic E-state index is 9.50. The molecular formula is C11H22N2O. The lowest BCUT2D eigenvalue weighted by Gasteiger charge is -2.25. The number of aliphatic hydroxyl groups is 1. The monoisotopic (exact) mass is 198 g/mol. The standard InChI is InChI=1S/C11H22N2O/c1-12(2)10-5-6-13(8-10)9-3-4-11(14)7-9/h9-11,14H,3-8H2,1-2H3. The molecule has 2 rings (SSSR count). The topological polar surface area (TPSA) is 26.7 Å². The van der Waals surface area contributed by atoms with Gasteiger partial charge in [0.25, 0.3) is 0 Å². The molecule has 0 aromatic rings. The molecule has 1 aliphatic carbocycles. The summed E-state index contributed by atoms with van der Waals surface area (Å²) in [4.78, 5) is 4.90. The Labute approximate surface area is 86.7 Å². The van der Waals surface area contributed by atoms with Gasteiger partial charge in [0.05, 0.1) is 6.10 Å². The van der Waals surface area contributed by atoms with Gasteiger partial charge in [0.1, 0.15) is 0 Å². The summed E-state index contributed by atoms with van der Waals surface area (Å²) in [5.41, 5.74) is 0. The van der Waals surface area contributed by atoms with Crippen molar-refractivity contribution in [3.8, 4) is 0 Å². The maximum atomic E-state index is 9.50. The van der Waals surface area contributed by atoms with Crippen LogP contribution >= 0.6 is 0 Å². The largest absolute Gasteiger partial charge is 0.393 e. The van der Waals surface area contributed by atoms with Gasteiger partial charge in [-0.2, -0.15) is 0 Å². The average molecular weight is 198 g/mol. The van der Waals surface area contributed by atoms with Crippen molar-refractivity contribution in [2.24, 2.45) is 0 Å². The van der Waals surface area contributed by atoms with E-state index in [1.165, 1.54) is 25.9 Å². The molecule has 1 heterocycles. The first-order valence-electron chi connectivity index (χ1n) is 5.75. The average Bonchev–Trinajstić information content (AvgIpc) is 2.70. The fourth-order valence-corrected chi connectivity index (χ4v) is 2.79. The van der Waals surface area contributed by atoms with Gasteiger partial charge in [0, 0.05) is 25.2 Å². The molecule has 1 N–H and O–H groups in total. The zero-order chi connectivity index (χ0) is 10.1. The summed E-state index contributed by atoms with van der Waals surface area (Å²) in [6, 6.07) is 1.39. The molecule has 2 fully saturated rings. The molecule has 0 spiro atoms. The number of likely N-dealkylation sites (tertiary alicyclic amines) is 1. The van der Waals surface area contributed by atoms with Crippen molar-refractivity contribution in [1.29, 1.82) is 0 Å². The molecule has 3 atom stereocenters. The van der Waals surface area contributed by atoms with E-state index in [4.69, 9.17) is 0 Å². The normalized spacial score (nSPS) is 39.9. The zero-order valence-corrected chi connectivity index (χ0v) is 9.32. The molecule has 3 heteroatoms. The van der Waals surface area contributed by atoms with Gasteiger partial charge >= 0.3 is 0 Å². The highest BCUT2D eigenvalue weighted by molar-refractivity contribution is 4.89. The smallest absolute Gasteiger partial charge is 0.0555 e. The number of hydrogen-bond donors (Lipinski definition) is 1. The molecule has 82 valence electrons. The third-order valence-corrected chi connectivity index (χ3v) is 3.82. The van der Waals surface area contributed by atoms with Crippen LogP contribution in [0.15, 0.2) is 0 Å². The van der Waals surface area contributed by atoms with Crippen molar-refractivity contribution in [3.63, 3.8) is 0 Å². The number of nitrogens with zero attached hydrogens (tertiary/aromatic N) is 2. The molecule has 0 amide bonds. The van der Waals surface area contributed by atoms with Crippen LogP contribution in [0, 0.1) is 0 Å². The van der Waals surface area contributed by atoms with Crippen LogP contribution in [-0.4, -0.2) is 60.3 Å². The van der Waals surface area contributed by atoms with Crippen molar-refractivity contribution in [3.05, 3.63) is 0 Å². The second-order valence-corrected chi connectivity index (χ2v) is 5.02. The minimum absolute atomic E-state index is 0.0293. The fraction of sp³-hybridized carbons (Fsp3) is 1.00. The van der Waals surface area contributed by atoms with Gasteiger partial charge in [0.15, 0.2) is 0 Å². The van der Waals surface area contributed by atoms with E-state index < -0.39 is 0 Å². The van der Waals surface area contributed by atoms with Gasteiger partial charge in [-0.1, -0.05) is 0 Å². The molecule has 0 aromatic heterocycles. The van der Waals surface area contributed by atoms with Crippen molar-refractivity contribution < 1.29 is 5.11 Å². The lowest BCUT2D eigenvalue weighted by molar-refractivity contribution is 0.159. The first kappa shape index (κ1) is 10.4. The Kier molecular flexibility index (Phi) is 3.10. The molecule has 3 nitrogen and oxygen atoms in total. The summed E-state index contributed by atoms with van der Waals surface area (Å²) in [5.74, 6) is 0. The van der Waals surface area contributed by atoms with Crippen LogP contribution < -0.4 is 0 Å². The van der Waals surface area contributed by atoms with Crippen molar-refractivity contribution in [2.45, 2.75) is 43.9 Å². The van der Waals surface area contributed by atoms with Crippen molar-refractivity contribution in [2.75, 3.05) is 27.2 Å². The molecule has 1 saturated heterocycles. The summed E-state index contributed by atoms with van der Waals surface area (Å²) >= 11 is 0. The molecule has 0 radical (unpaired) electrons. The van der Waals surface area contributed by atoms with E-state index in [2.05, 4.69) is 23.9 Å². The number of hydrogen-bond acceptors (Lipinski definition) is 3. The van der Waals surface area contributed by atoms with Gasteiger partial charge in [-0.25, -0.2) is 0 Å². The molecule has 1 aliphatic heterocycles. The Morgan fingerprint density at radius 1 is 1.21 bits per heavy atom. The molecule has 1 saturated carbocycles. The third kappa shape index (κ3) is 2.10. The number of likely N-dealkylation sites (N-methyl/N-ethyl adjacent to an activating group) is 1. The van der Waals surface area contributed by atoms with E-state index in [-0.39, 0.29) is 6.10 Å². The molecule has 3 unspecified atom stereocenters. The van der Waals surface area contributed by atoms with Crippen LogP contribution in [0.4, 0.5) is 0 Å². The number of rotatable bonds is 2. The minimum atomic E-state index is -0.0293. The Morgan fingerprint density at radius 2 is 2.00 bits per heavy atom. The second-order valence-electron chi connectivity index (χ2n) is 5.02. The van der Waals surface area contributed by atoms with Gasteiger partial charge in [-0.3, -0.25) is 4.90 Å². The maximum Gasteiger partial charge on any atom is 0.0555 e. The van der Waals surface area contributed by atoms with Crippen LogP contribution in [-0.2, 0) is 0 Å². The predicted molar refractivity (Wildman–Crippen MR) is 57.3 cm³/mol.